The number of esters is 2. The van der Waals surface area contributed by atoms with Crippen LogP contribution in [0.15, 0.2) is 12.2 Å². The van der Waals surface area contributed by atoms with Gasteiger partial charge >= 0.3 is 11.9 Å². The normalized spacial score (nSPS) is 15.7. The van der Waals surface area contributed by atoms with Crippen LogP contribution in [-0.4, -0.2) is 11.9 Å². The Bertz CT molecular complexity index is 568. The molecule has 1 saturated heterocycles. The number of carbonyl (C=O) groups is 2. The van der Waals surface area contributed by atoms with E-state index in [-0.39, 0.29) is 24.3 Å². The number of hydrogen-bond acceptors (Lipinski definition) is 3. The van der Waals surface area contributed by atoms with E-state index >= 15 is 0 Å². The van der Waals surface area contributed by atoms with Gasteiger partial charge in [0.2, 0.25) is 0 Å². The van der Waals surface area contributed by atoms with Gasteiger partial charge in [-0.25, -0.2) is 0 Å². The Kier molecular flexibility index (Phi) is 25.2. The first kappa shape index (κ1) is 34.9. The SMILES string of the molecule is CCCCCCCCCCCCCCCCCCCCCCCCCCCCCC=CC1CC(=O)OC1=O. The maximum Gasteiger partial charge on any atom is 0.321 e. The van der Waals surface area contributed by atoms with Crippen molar-refractivity contribution in [2.45, 2.75) is 193 Å². The molecule has 222 valence electrons. The molecule has 1 atom stereocenters. The van der Waals surface area contributed by atoms with Crippen LogP contribution in [0.5, 0.6) is 0 Å². The zero-order valence-electron chi connectivity index (χ0n) is 25.5. The number of cyclic esters (lactones) is 2. The fraction of sp³-hybridized carbons (Fsp3) is 0.886. The second kappa shape index (κ2) is 27.4. The van der Waals surface area contributed by atoms with E-state index in [2.05, 4.69) is 11.7 Å². The highest BCUT2D eigenvalue weighted by Crippen LogP contribution is 2.19. The minimum absolute atomic E-state index is 0.217. The molecular formula is C35H64O3. The first-order valence-electron chi connectivity index (χ1n) is 17.1. The summed E-state index contributed by atoms with van der Waals surface area (Å²) in [5.74, 6) is -1.11. The van der Waals surface area contributed by atoms with E-state index in [0.717, 1.165) is 6.42 Å². The van der Waals surface area contributed by atoms with Crippen LogP contribution >= 0.6 is 0 Å². The first-order chi connectivity index (χ1) is 18.7. The molecule has 0 bridgehead atoms. The molecule has 38 heavy (non-hydrogen) atoms. The second-order valence-electron chi connectivity index (χ2n) is 12.0. The zero-order chi connectivity index (χ0) is 27.4. The Labute approximate surface area is 237 Å². The largest absolute Gasteiger partial charge is 0.393 e. The van der Waals surface area contributed by atoms with Crippen LogP contribution in [-0.2, 0) is 14.3 Å². The summed E-state index contributed by atoms with van der Waals surface area (Å²) >= 11 is 0. The van der Waals surface area contributed by atoms with Crippen molar-refractivity contribution >= 4 is 11.9 Å². The van der Waals surface area contributed by atoms with Crippen molar-refractivity contribution in [2.75, 3.05) is 0 Å². The van der Waals surface area contributed by atoms with E-state index in [9.17, 15) is 9.59 Å². The van der Waals surface area contributed by atoms with Crippen molar-refractivity contribution in [3.8, 4) is 0 Å². The zero-order valence-corrected chi connectivity index (χ0v) is 25.5. The topological polar surface area (TPSA) is 43.4 Å². The summed E-state index contributed by atoms with van der Waals surface area (Å²) in [5.41, 5.74) is 0. The van der Waals surface area contributed by atoms with E-state index in [1.807, 2.05) is 12.2 Å². The first-order valence-corrected chi connectivity index (χ1v) is 17.1. The van der Waals surface area contributed by atoms with Crippen LogP contribution in [0.25, 0.3) is 0 Å². The highest BCUT2D eigenvalue weighted by Gasteiger charge is 2.30. The van der Waals surface area contributed by atoms with Gasteiger partial charge in [0.25, 0.3) is 0 Å². The fourth-order valence-corrected chi connectivity index (χ4v) is 5.65. The van der Waals surface area contributed by atoms with Crippen molar-refractivity contribution in [2.24, 2.45) is 5.92 Å². The third kappa shape index (κ3) is 22.8. The molecule has 0 radical (unpaired) electrons. The van der Waals surface area contributed by atoms with Crippen LogP contribution in [0, 0.1) is 5.92 Å². The molecule has 3 nitrogen and oxygen atoms in total. The van der Waals surface area contributed by atoms with Crippen LogP contribution in [0.3, 0.4) is 0 Å². The molecule has 1 unspecified atom stereocenters. The Morgan fingerprint density at radius 2 is 0.842 bits per heavy atom. The number of rotatable bonds is 29. The van der Waals surface area contributed by atoms with Crippen molar-refractivity contribution in [1.82, 2.24) is 0 Å². The Morgan fingerprint density at radius 3 is 1.13 bits per heavy atom. The third-order valence-electron chi connectivity index (χ3n) is 8.25. The molecule has 0 amide bonds. The number of unbranched alkanes of at least 4 members (excludes halogenated alkanes) is 27. The molecule has 1 fully saturated rings. The van der Waals surface area contributed by atoms with Crippen LogP contribution in [0.2, 0.25) is 0 Å². The maximum atomic E-state index is 11.4. The number of hydrogen-bond donors (Lipinski definition) is 0. The minimum atomic E-state index is -0.389. The van der Waals surface area contributed by atoms with E-state index < -0.39 is 0 Å². The smallest absolute Gasteiger partial charge is 0.321 e. The van der Waals surface area contributed by atoms with Gasteiger partial charge in [0.05, 0.1) is 12.3 Å². The summed E-state index contributed by atoms with van der Waals surface area (Å²) in [6.45, 7) is 2.30. The summed E-state index contributed by atoms with van der Waals surface area (Å²) in [6, 6.07) is 0. The lowest BCUT2D eigenvalue weighted by atomic mass is 10.0. The van der Waals surface area contributed by atoms with Gasteiger partial charge in [-0.15, -0.1) is 0 Å². The molecule has 0 aromatic carbocycles. The molecule has 0 saturated carbocycles. The van der Waals surface area contributed by atoms with Gasteiger partial charge in [0.1, 0.15) is 0 Å². The molecule has 1 heterocycles. The molecule has 0 N–H and O–H groups in total. The fourth-order valence-electron chi connectivity index (χ4n) is 5.65. The quantitative estimate of drug-likeness (QED) is 0.0416. The minimum Gasteiger partial charge on any atom is -0.393 e. The molecular weight excluding hydrogens is 468 g/mol. The van der Waals surface area contributed by atoms with E-state index in [4.69, 9.17) is 0 Å². The average molecular weight is 533 g/mol. The van der Waals surface area contributed by atoms with Crippen molar-refractivity contribution in [1.29, 1.82) is 0 Å². The van der Waals surface area contributed by atoms with E-state index in [0.29, 0.717) is 0 Å². The van der Waals surface area contributed by atoms with Crippen LogP contribution in [0.4, 0.5) is 0 Å². The van der Waals surface area contributed by atoms with Gasteiger partial charge in [0.15, 0.2) is 0 Å². The lowest BCUT2D eigenvalue weighted by Crippen LogP contribution is -2.03. The van der Waals surface area contributed by atoms with Crippen LogP contribution in [0.1, 0.15) is 193 Å². The van der Waals surface area contributed by atoms with Gasteiger partial charge in [-0.2, -0.15) is 0 Å². The summed E-state index contributed by atoms with van der Waals surface area (Å²) < 4.78 is 4.56. The molecule has 3 heteroatoms. The number of ether oxygens (including phenoxy) is 1. The lowest BCUT2D eigenvalue weighted by Gasteiger charge is -2.04. The summed E-state index contributed by atoms with van der Waals surface area (Å²) in [4.78, 5) is 22.4. The van der Waals surface area contributed by atoms with Crippen molar-refractivity contribution in [3.63, 3.8) is 0 Å². The molecule has 0 aromatic heterocycles. The van der Waals surface area contributed by atoms with Gasteiger partial charge in [-0.05, 0) is 12.8 Å². The molecule has 1 aliphatic heterocycles. The predicted molar refractivity (Wildman–Crippen MR) is 163 cm³/mol. The predicted octanol–water partition coefficient (Wildman–Crippen LogP) is 11.6. The summed E-state index contributed by atoms with van der Waals surface area (Å²) in [5, 5.41) is 0. The standard InChI is InChI=1S/C35H64O3/c1-2-3-4-5-6-7-8-9-10-11-12-13-14-15-16-17-18-19-20-21-22-23-24-25-26-27-28-29-30-31-33-32-34(36)38-35(33)37/h30-31,33H,2-29,32H2,1H3. The van der Waals surface area contributed by atoms with Crippen LogP contribution < -0.4 is 0 Å². The van der Waals surface area contributed by atoms with Gasteiger partial charge in [-0.3, -0.25) is 9.59 Å². The maximum absolute atomic E-state index is 11.4. The highest BCUT2D eigenvalue weighted by atomic mass is 16.6. The summed E-state index contributed by atoms with van der Waals surface area (Å²) in [6.07, 6.45) is 43.5. The van der Waals surface area contributed by atoms with Crippen molar-refractivity contribution < 1.29 is 14.3 Å². The Hall–Kier alpha value is -1.12. The monoisotopic (exact) mass is 532 g/mol. The molecule has 0 aromatic rings. The Morgan fingerprint density at radius 1 is 0.526 bits per heavy atom. The van der Waals surface area contributed by atoms with E-state index in [1.165, 1.54) is 173 Å². The van der Waals surface area contributed by atoms with Gasteiger partial charge in [0, 0.05) is 0 Å². The number of allylic oxidation sites excluding steroid dienone is 1. The Balaban J connectivity index is 1.66. The third-order valence-corrected chi connectivity index (χ3v) is 8.25. The van der Waals surface area contributed by atoms with E-state index in [1.54, 1.807) is 0 Å². The summed E-state index contributed by atoms with van der Waals surface area (Å²) in [7, 11) is 0. The molecule has 0 aliphatic carbocycles. The molecule has 1 aliphatic rings. The average Bonchev–Trinajstić information content (AvgIpc) is 3.24. The lowest BCUT2D eigenvalue weighted by molar-refractivity contribution is -0.152. The van der Waals surface area contributed by atoms with Gasteiger partial charge < -0.3 is 4.74 Å². The highest BCUT2D eigenvalue weighted by molar-refractivity contribution is 5.95. The van der Waals surface area contributed by atoms with Gasteiger partial charge in [-0.1, -0.05) is 186 Å². The molecule has 1 rings (SSSR count). The molecule has 0 spiro atoms. The number of carbonyl (C=O) groups excluding carboxylic acids is 2. The second-order valence-corrected chi connectivity index (χ2v) is 12.0. The van der Waals surface area contributed by atoms with Crippen molar-refractivity contribution in [3.05, 3.63) is 12.2 Å².